The minimum atomic E-state index is -0.459. The fraction of sp³-hybridized carbons (Fsp3) is 0.0682. The van der Waals surface area contributed by atoms with Crippen LogP contribution in [0.1, 0.15) is 50.3 Å². The minimum Gasteiger partial charge on any atom is -0.258 e. The van der Waals surface area contributed by atoms with E-state index in [1.165, 1.54) is 44.5 Å². The van der Waals surface area contributed by atoms with Gasteiger partial charge in [-0.25, -0.2) is 9.98 Å². The van der Waals surface area contributed by atoms with E-state index in [1.807, 2.05) is 56.3 Å². The smallest absolute Gasteiger partial charge is 0.160 e. The van der Waals surface area contributed by atoms with E-state index in [1.54, 1.807) is 6.08 Å². The van der Waals surface area contributed by atoms with Crippen molar-refractivity contribution < 1.29 is 0 Å². The molecule has 224 valence electrons. The Labute approximate surface area is 276 Å². The third-order valence-corrected chi connectivity index (χ3v) is 9.52. The van der Waals surface area contributed by atoms with Gasteiger partial charge in [-0.3, -0.25) is 4.98 Å². The van der Waals surface area contributed by atoms with Gasteiger partial charge < -0.3 is 0 Å². The number of allylic oxidation sites excluding steroid dienone is 1. The molecule has 0 saturated carbocycles. The highest BCUT2D eigenvalue weighted by Crippen LogP contribution is 2.62. The molecule has 6 aromatic rings. The Balaban J connectivity index is 1.39. The molecule has 1 heterocycles. The molecule has 0 atom stereocenters. The Morgan fingerprint density at radius 3 is 1.72 bits per heavy atom. The molecule has 0 bridgehead atoms. The predicted octanol–water partition coefficient (Wildman–Crippen LogP) is 10.1. The van der Waals surface area contributed by atoms with Gasteiger partial charge in [0.1, 0.15) is 0 Å². The van der Waals surface area contributed by atoms with Crippen LogP contribution in [0, 0.1) is 13.8 Å². The third-order valence-electron chi connectivity index (χ3n) is 9.52. The molecule has 8 rings (SSSR count). The van der Waals surface area contributed by atoms with Crippen molar-refractivity contribution in [2.24, 2.45) is 9.98 Å². The topological polar surface area (TPSA) is 37.6 Å². The Hall–Kier alpha value is -5.93. The number of pyridine rings is 1. The van der Waals surface area contributed by atoms with Crippen LogP contribution < -0.4 is 0 Å². The standard InChI is InChI=1S/C44H33N3/c1-5-42(31-15-7-6-8-16-31)47-43(46-30(4)33-25-23-28(2)45-29(33)3)32-24-26-37-36-19-11-14-22-40(36)44(41(37)27-32)38-20-12-9-17-34(38)35-18-10-13-21-39(35)44/h5-27H,1,4H2,2-3H3. The molecule has 0 unspecified atom stereocenters. The molecule has 3 nitrogen and oxygen atoms in total. The summed E-state index contributed by atoms with van der Waals surface area (Å²) in [4.78, 5) is 15.0. The van der Waals surface area contributed by atoms with Crippen LogP contribution in [-0.4, -0.2) is 16.5 Å². The zero-order chi connectivity index (χ0) is 32.1. The number of hydrogen-bond acceptors (Lipinski definition) is 2. The predicted molar refractivity (Wildman–Crippen MR) is 195 cm³/mol. The molecule has 1 aromatic heterocycles. The van der Waals surface area contributed by atoms with Crippen molar-refractivity contribution in [2.45, 2.75) is 19.3 Å². The minimum absolute atomic E-state index is 0.459. The first-order valence-electron chi connectivity index (χ1n) is 15.9. The van der Waals surface area contributed by atoms with Gasteiger partial charge in [-0.2, -0.15) is 0 Å². The van der Waals surface area contributed by atoms with Crippen molar-refractivity contribution in [3.63, 3.8) is 0 Å². The number of benzene rings is 5. The Morgan fingerprint density at radius 2 is 1.15 bits per heavy atom. The van der Waals surface area contributed by atoms with Crippen LogP contribution in [-0.2, 0) is 5.41 Å². The average molecular weight is 604 g/mol. The number of aromatic nitrogens is 1. The molecule has 0 N–H and O–H groups in total. The lowest BCUT2D eigenvalue weighted by Gasteiger charge is -2.30. The molecule has 2 aliphatic carbocycles. The number of nitrogens with zero attached hydrogens (tertiary/aromatic N) is 3. The normalized spacial score (nSPS) is 13.9. The van der Waals surface area contributed by atoms with Crippen LogP contribution in [0.25, 0.3) is 28.0 Å². The van der Waals surface area contributed by atoms with Gasteiger partial charge in [0.15, 0.2) is 5.84 Å². The van der Waals surface area contributed by atoms with Crippen LogP contribution in [0.3, 0.4) is 0 Å². The number of amidine groups is 1. The van der Waals surface area contributed by atoms with Gasteiger partial charge in [0, 0.05) is 28.1 Å². The van der Waals surface area contributed by atoms with E-state index >= 15 is 0 Å². The van der Waals surface area contributed by atoms with E-state index in [0.29, 0.717) is 11.5 Å². The molecule has 3 heteroatoms. The summed E-state index contributed by atoms with van der Waals surface area (Å²) in [5.74, 6) is 0.571. The summed E-state index contributed by atoms with van der Waals surface area (Å²) in [5.41, 5.74) is 15.7. The second-order valence-corrected chi connectivity index (χ2v) is 12.2. The van der Waals surface area contributed by atoms with Crippen molar-refractivity contribution in [2.75, 3.05) is 0 Å². The first-order valence-corrected chi connectivity index (χ1v) is 15.9. The molecule has 47 heavy (non-hydrogen) atoms. The second kappa shape index (κ2) is 11.1. The maximum absolute atomic E-state index is 5.19. The summed E-state index contributed by atoms with van der Waals surface area (Å²) in [6.07, 6.45) is 1.79. The lowest BCUT2D eigenvalue weighted by molar-refractivity contribution is 0.793. The number of rotatable bonds is 5. The fourth-order valence-corrected chi connectivity index (χ4v) is 7.52. The zero-order valence-electron chi connectivity index (χ0n) is 26.5. The highest BCUT2D eigenvalue weighted by molar-refractivity contribution is 6.17. The highest BCUT2D eigenvalue weighted by atomic mass is 14.9. The SMILES string of the molecule is C=CC(=NC(=NC(=C)c1ccc(C)nc1C)c1ccc2c(c1)C1(c3ccccc3-c3ccccc31)c1ccccc1-2)c1ccccc1. The monoisotopic (exact) mass is 603 g/mol. The summed E-state index contributed by atoms with van der Waals surface area (Å²) in [6, 6.07) is 47.4. The fourth-order valence-electron chi connectivity index (χ4n) is 7.52. The maximum atomic E-state index is 5.19. The quantitative estimate of drug-likeness (QED) is 0.142. The summed E-state index contributed by atoms with van der Waals surface area (Å²) in [6.45, 7) is 12.5. The average Bonchev–Trinajstić information content (AvgIpc) is 3.57. The van der Waals surface area contributed by atoms with E-state index < -0.39 is 5.41 Å². The first-order chi connectivity index (χ1) is 23.0. The van der Waals surface area contributed by atoms with Gasteiger partial charge in [0.25, 0.3) is 0 Å². The van der Waals surface area contributed by atoms with Crippen LogP contribution in [0.2, 0.25) is 0 Å². The van der Waals surface area contributed by atoms with Crippen molar-refractivity contribution in [1.82, 2.24) is 4.98 Å². The van der Waals surface area contributed by atoms with Crippen molar-refractivity contribution in [3.05, 3.63) is 203 Å². The molecule has 0 aliphatic heterocycles. The van der Waals surface area contributed by atoms with Crippen molar-refractivity contribution in [3.8, 4) is 22.3 Å². The van der Waals surface area contributed by atoms with Gasteiger partial charge in [0.05, 0.1) is 16.8 Å². The number of hydrogen-bond donors (Lipinski definition) is 0. The number of aliphatic imine (C=N–C) groups is 2. The largest absolute Gasteiger partial charge is 0.258 e. The molecule has 0 fully saturated rings. The molecule has 0 saturated heterocycles. The van der Waals surface area contributed by atoms with E-state index in [2.05, 4.69) is 109 Å². The Bertz CT molecular complexity index is 2240. The van der Waals surface area contributed by atoms with Crippen molar-refractivity contribution in [1.29, 1.82) is 0 Å². The zero-order valence-corrected chi connectivity index (χ0v) is 26.5. The molecule has 0 amide bonds. The van der Waals surface area contributed by atoms with Crippen LogP contribution in [0.15, 0.2) is 163 Å². The second-order valence-electron chi connectivity index (χ2n) is 12.2. The third kappa shape index (κ3) is 4.39. The Kier molecular flexibility index (Phi) is 6.77. The van der Waals surface area contributed by atoms with Gasteiger partial charge in [-0.1, -0.05) is 128 Å². The Morgan fingerprint density at radius 1 is 0.596 bits per heavy atom. The molecule has 1 spiro atoms. The van der Waals surface area contributed by atoms with Crippen LogP contribution in [0.5, 0.6) is 0 Å². The molecular weight excluding hydrogens is 571 g/mol. The van der Waals surface area contributed by atoms with E-state index in [4.69, 9.17) is 9.98 Å². The molecule has 0 radical (unpaired) electrons. The lowest BCUT2D eigenvalue weighted by atomic mass is 9.70. The molecule has 5 aromatic carbocycles. The van der Waals surface area contributed by atoms with Crippen molar-refractivity contribution >= 4 is 17.2 Å². The highest BCUT2D eigenvalue weighted by Gasteiger charge is 2.51. The lowest BCUT2D eigenvalue weighted by Crippen LogP contribution is -2.26. The van der Waals surface area contributed by atoms with Gasteiger partial charge in [0.2, 0.25) is 0 Å². The summed E-state index contributed by atoms with van der Waals surface area (Å²) < 4.78 is 0. The van der Waals surface area contributed by atoms with E-state index in [0.717, 1.165) is 33.8 Å². The van der Waals surface area contributed by atoms with Gasteiger partial charge in [-0.15, -0.1) is 0 Å². The van der Waals surface area contributed by atoms with Crippen LogP contribution >= 0.6 is 0 Å². The molecular formula is C44H33N3. The molecule has 2 aliphatic rings. The number of fused-ring (bicyclic) bond motifs is 10. The van der Waals surface area contributed by atoms with Gasteiger partial charge in [-0.05, 0) is 82.6 Å². The summed E-state index contributed by atoms with van der Waals surface area (Å²) in [7, 11) is 0. The number of aryl methyl sites for hydroxylation is 2. The van der Waals surface area contributed by atoms with Crippen LogP contribution in [0.4, 0.5) is 0 Å². The summed E-state index contributed by atoms with van der Waals surface area (Å²) in [5, 5.41) is 0. The van der Waals surface area contributed by atoms with E-state index in [9.17, 15) is 0 Å². The first kappa shape index (κ1) is 28.5. The van der Waals surface area contributed by atoms with Gasteiger partial charge >= 0.3 is 0 Å². The maximum Gasteiger partial charge on any atom is 0.160 e. The summed E-state index contributed by atoms with van der Waals surface area (Å²) >= 11 is 0. The van der Waals surface area contributed by atoms with E-state index in [-0.39, 0.29) is 0 Å².